The zero-order valence-electron chi connectivity index (χ0n) is 16.3. The van der Waals surface area contributed by atoms with Gasteiger partial charge in [-0.05, 0) is 47.9 Å². The van der Waals surface area contributed by atoms with Crippen LogP contribution in [0.2, 0.25) is 0 Å². The van der Waals surface area contributed by atoms with E-state index >= 15 is 0 Å². The first-order valence-electron chi connectivity index (χ1n) is 9.67. The molecule has 0 radical (unpaired) electrons. The van der Waals surface area contributed by atoms with Gasteiger partial charge in [-0.3, -0.25) is 19.6 Å². The number of rotatable bonds is 7. The molecule has 0 aliphatic carbocycles. The monoisotopic (exact) mass is 399 g/mol. The summed E-state index contributed by atoms with van der Waals surface area (Å²) >= 11 is 0. The van der Waals surface area contributed by atoms with Gasteiger partial charge in [0.2, 0.25) is 0 Å². The van der Waals surface area contributed by atoms with Crippen molar-refractivity contribution in [3.8, 4) is 0 Å². The Bertz CT molecular complexity index is 1170. The standard InChI is InChI=1S/C23H21N5O2/c29-22(28-14-16-5-9-24-10-6-16)17-7-11-25-21(13-17)23(30)26-12-8-18-15-27-20-4-2-1-3-19(18)20/h1-7,9-11,13,15,27H,8,12,14H2,(H,26,30)(H,28,29). The SMILES string of the molecule is O=C(NCc1ccncc1)c1ccnc(C(=O)NCCc2c[nH]c3ccccc23)c1. The van der Waals surface area contributed by atoms with Crippen molar-refractivity contribution in [1.29, 1.82) is 0 Å². The zero-order valence-corrected chi connectivity index (χ0v) is 16.3. The van der Waals surface area contributed by atoms with E-state index in [1.807, 2.05) is 36.5 Å². The van der Waals surface area contributed by atoms with Crippen LogP contribution in [0.3, 0.4) is 0 Å². The second kappa shape index (κ2) is 9.00. The van der Waals surface area contributed by atoms with Gasteiger partial charge in [0, 0.05) is 54.3 Å². The number of aromatic nitrogens is 3. The Kier molecular flexibility index (Phi) is 5.80. The number of aromatic amines is 1. The summed E-state index contributed by atoms with van der Waals surface area (Å²) < 4.78 is 0. The van der Waals surface area contributed by atoms with Crippen LogP contribution in [-0.2, 0) is 13.0 Å². The molecule has 1 aromatic carbocycles. The van der Waals surface area contributed by atoms with Gasteiger partial charge in [-0.25, -0.2) is 0 Å². The molecule has 0 atom stereocenters. The summed E-state index contributed by atoms with van der Waals surface area (Å²) in [5.41, 5.74) is 3.77. The van der Waals surface area contributed by atoms with Gasteiger partial charge in [-0.2, -0.15) is 0 Å². The van der Waals surface area contributed by atoms with Gasteiger partial charge in [0.1, 0.15) is 5.69 Å². The van der Waals surface area contributed by atoms with E-state index in [0.717, 1.165) is 22.0 Å². The Morgan fingerprint density at radius 3 is 2.63 bits per heavy atom. The fourth-order valence-corrected chi connectivity index (χ4v) is 3.22. The van der Waals surface area contributed by atoms with Crippen LogP contribution in [-0.4, -0.2) is 33.3 Å². The van der Waals surface area contributed by atoms with Crippen LogP contribution in [0.4, 0.5) is 0 Å². The Hall–Kier alpha value is -4.00. The Labute approximate surface area is 173 Å². The molecule has 0 aliphatic rings. The molecular formula is C23H21N5O2. The van der Waals surface area contributed by atoms with Crippen LogP contribution in [0.25, 0.3) is 10.9 Å². The number of carbonyl (C=O) groups is 2. The highest BCUT2D eigenvalue weighted by molar-refractivity contribution is 5.98. The van der Waals surface area contributed by atoms with Gasteiger partial charge >= 0.3 is 0 Å². The molecule has 0 saturated carbocycles. The van der Waals surface area contributed by atoms with Crippen LogP contribution in [0.15, 0.2) is 73.3 Å². The average molecular weight is 399 g/mol. The molecular weight excluding hydrogens is 378 g/mol. The molecule has 0 saturated heterocycles. The third-order valence-corrected chi connectivity index (χ3v) is 4.81. The molecule has 3 heterocycles. The van der Waals surface area contributed by atoms with Crippen LogP contribution in [0.1, 0.15) is 32.0 Å². The number of pyridine rings is 2. The molecule has 0 aliphatic heterocycles. The van der Waals surface area contributed by atoms with Gasteiger partial charge in [0.15, 0.2) is 0 Å². The molecule has 4 aromatic rings. The summed E-state index contributed by atoms with van der Waals surface area (Å²) in [4.78, 5) is 36.1. The fraction of sp³-hybridized carbons (Fsp3) is 0.130. The van der Waals surface area contributed by atoms with Gasteiger partial charge < -0.3 is 15.6 Å². The zero-order chi connectivity index (χ0) is 20.8. The summed E-state index contributed by atoms with van der Waals surface area (Å²) in [7, 11) is 0. The smallest absolute Gasteiger partial charge is 0.269 e. The number of nitrogens with one attached hydrogen (secondary N) is 3. The minimum absolute atomic E-state index is 0.213. The van der Waals surface area contributed by atoms with Crippen molar-refractivity contribution in [3.05, 3.63) is 95.7 Å². The molecule has 2 amide bonds. The van der Waals surface area contributed by atoms with Crippen molar-refractivity contribution in [2.75, 3.05) is 6.54 Å². The van der Waals surface area contributed by atoms with Crippen molar-refractivity contribution >= 4 is 22.7 Å². The van der Waals surface area contributed by atoms with Crippen molar-refractivity contribution in [1.82, 2.24) is 25.6 Å². The molecule has 30 heavy (non-hydrogen) atoms. The van der Waals surface area contributed by atoms with E-state index in [-0.39, 0.29) is 17.5 Å². The molecule has 0 bridgehead atoms. The normalized spacial score (nSPS) is 10.7. The van der Waals surface area contributed by atoms with Crippen LogP contribution < -0.4 is 10.6 Å². The lowest BCUT2D eigenvalue weighted by atomic mass is 10.1. The fourth-order valence-electron chi connectivity index (χ4n) is 3.22. The third-order valence-electron chi connectivity index (χ3n) is 4.81. The molecule has 4 rings (SSSR count). The van der Waals surface area contributed by atoms with E-state index in [0.29, 0.717) is 25.1 Å². The number of para-hydroxylation sites is 1. The van der Waals surface area contributed by atoms with Gasteiger partial charge in [-0.15, -0.1) is 0 Å². The summed E-state index contributed by atoms with van der Waals surface area (Å²) in [6.45, 7) is 0.858. The summed E-state index contributed by atoms with van der Waals surface area (Å²) in [6.07, 6.45) is 7.47. The highest BCUT2D eigenvalue weighted by atomic mass is 16.2. The molecule has 3 N–H and O–H groups in total. The number of amides is 2. The quantitative estimate of drug-likeness (QED) is 0.445. The minimum Gasteiger partial charge on any atom is -0.361 e. The Morgan fingerprint density at radius 2 is 1.77 bits per heavy atom. The second-order valence-corrected chi connectivity index (χ2v) is 6.83. The van der Waals surface area contributed by atoms with E-state index in [1.54, 1.807) is 18.5 Å². The van der Waals surface area contributed by atoms with E-state index in [9.17, 15) is 9.59 Å². The summed E-state index contributed by atoms with van der Waals surface area (Å²) in [6, 6.07) is 14.8. The predicted octanol–water partition coefficient (Wildman–Crippen LogP) is 2.86. The van der Waals surface area contributed by atoms with Crippen molar-refractivity contribution in [2.45, 2.75) is 13.0 Å². The van der Waals surface area contributed by atoms with E-state index in [1.165, 1.54) is 12.3 Å². The molecule has 3 aromatic heterocycles. The third kappa shape index (κ3) is 4.52. The van der Waals surface area contributed by atoms with Crippen molar-refractivity contribution in [2.24, 2.45) is 0 Å². The van der Waals surface area contributed by atoms with Gasteiger partial charge in [0.25, 0.3) is 11.8 Å². The molecule has 7 heteroatoms. The van der Waals surface area contributed by atoms with E-state index < -0.39 is 0 Å². The largest absolute Gasteiger partial charge is 0.361 e. The molecule has 0 fully saturated rings. The van der Waals surface area contributed by atoms with Crippen LogP contribution in [0.5, 0.6) is 0 Å². The maximum absolute atomic E-state index is 12.5. The molecule has 150 valence electrons. The second-order valence-electron chi connectivity index (χ2n) is 6.83. The van der Waals surface area contributed by atoms with Crippen LogP contribution in [0, 0.1) is 0 Å². The Morgan fingerprint density at radius 1 is 0.933 bits per heavy atom. The maximum atomic E-state index is 12.5. The first-order chi connectivity index (χ1) is 14.7. The predicted molar refractivity (Wildman–Crippen MR) is 114 cm³/mol. The average Bonchev–Trinajstić information content (AvgIpc) is 3.21. The lowest BCUT2D eigenvalue weighted by molar-refractivity contribution is 0.0949. The minimum atomic E-state index is -0.307. The topological polar surface area (TPSA) is 99.8 Å². The number of hydrogen-bond acceptors (Lipinski definition) is 4. The first-order valence-corrected chi connectivity index (χ1v) is 9.67. The van der Waals surface area contributed by atoms with Gasteiger partial charge in [-0.1, -0.05) is 18.2 Å². The van der Waals surface area contributed by atoms with Crippen molar-refractivity contribution < 1.29 is 9.59 Å². The maximum Gasteiger partial charge on any atom is 0.269 e. The van der Waals surface area contributed by atoms with Crippen molar-refractivity contribution in [3.63, 3.8) is 0 Å². The molecule has 0 spiro atoms. The van der Waals surface area contributed by atoms with Gasteiger partial charge in [0.05, 0.1) is 0 Å². The number of benzene rings is 1. The Balaban J connectivity index is 1.33. The highest BCUT2D eigenvalue weighted by Crippen LogP contribution is 2.17. The number of carbonyl (C=O) groups excluding carboxylic acids is 2. The number of H-pyrrole nitrogens is 1. The first kappa shape index (κ1) is 19.3. The highest BCUT2D eigenvalue weighted by Gasteiger charge is 2.12. The number of nitrogens with zero attached hydrogens (tertiary/aromatic N) is 2. The summed E-state index contributed by atoms with van der Waals surface area (Å²) in [5, 5.41) is 6.85. The van der Waals surface area contributed by atoms with E-state index in [4.69, 9.17) is 0 Å². The summed E-state index contributed by atoms with van der Waals surface area (Å²) in [5.74, 6) is -0.569. The lowest BCUT2D eigenvalue weighted by Gasteiger charge is -2.07. The lowest BCUT2D eigenvalue weighted by Crippen LogP contribution is -2.27. The molecule has 7 nitrogen and oxygen atoms in total. The molecule has 0 unspecified atom stereocenters. The number of fused-ring (bicyclic) bond motifs is 1. The van der Waals surface area contributed by atoms with E-state index in [2.05, 4.69) is 31.7 Å². The number of hydrogen-bond donors (Lipinski definition) is 3. The van der Waals surface area contributed by atoms with Crippen LogP contribution >= 0.6 is 0 Å².